The van der Waals surface area contributed by atoms with Crippen molar-refractivity contribution in [2.24, 2.45) is 0 Å². The van der Waals surface area contributed by atoms with E-state index in [1.807, 2.05) is 17.5 Å². The minimum absolute atomic E-state index is 0.139. The Kier molecular flexibility index (Phi) is 2.53. The lowest BCUT2D eigenvalue weighted by Gasteiger charge is -1.99. The molecule has 0 atom stereocenters. The number of nitrogens with zero attached hydrogens (tertiary/aromatic N) is 1. The quantitative estimate of drug-likeness (QED) is 0.691. The van der Waals surface area contributed by atoms with Gasteiger partial charge in [0.15, 0.2) is 22.3 Å². The van der Waals surface area contributed by atoms with Gasteiger partial charge in [-0.25, -0.2) is 4.98 Å². The number of hydrogen-bond acceptors (Lipinski definition) is 5. The number of phenolic OH excluding ortho intramolecular Hbond substituents is 2. The van der Waals surface area contributed by atoms with E-state index in [2.05, 4.69) is 4.98 Å². The summed E-state index contributed by atoms with van der Waals surface area (Å²) in [5.74, 6) is 0.425. The largest absolute Gasteiger partial charge is 0.504 e. The van der Waals surface area contributed by atoms with Crippen LogP contribution in [0, 0.1) is 0 Å². The summed E-state index contributed by atoms with van der Waals surface area (Å²) in [6, 6.07) is 8.28. The van der Waals surface area contributed by atoms with Crippen LogP contribution in [0.1, 0.15) is 0 Å². The number of benzene rings is 1. The fraction of sp³-hybridized carbons (Fsp3) is 0. The molecule has 0 fully saturated rings. The maximum Gasteiger partial charge on any atom is 0.162 e. The lowest BCUT2D eigenvalue weighted by molar-refractivity contribution is 0.404. The fourth-order valence-corrected chi connectivity index (χ4v) is 2.40. The van der Waals surface area contributed by atoms with E-state index in [-0.39, 0.29) is 11.5 Å². The second-order valence-electron chi connectivity index (χ2n) is 3.72. The van der Waals surface area contributed by atoms with Gasteiger partial charge in [0.2, 0.25) is 0 Å². The average Bonchev–Trinajstić information content (AvgIpc) is 3.01. The first kappa shape index (κ1) is 10.9. The predicted molar refractivity (Wildman–Crippen MR) is 68.6 cm³/mol. The van der Waals surface area contributed by atoms with Gasteiger partial charge in [-0.3, -0.25) is 0 Å². The van der Waals surface area contributed by atoms with Gasteiger partial charge in [0, 0.05) is 10.9 Å². The number of aromatic hydroxyl groups is 2. The minimum Gasteiger partial charge on any atom is -0.504 e. The molecule has 0 radical (unpaired) electrons. The van der Waals surface area contributed by atoms with E-state index >= 15 is 0 Å². The highest BCUT2D eigenvalue weighted by Crippen LogP contribution is 2.33. The Labute approximate surface area is 107 Å². The first-order valence-electron chi connectivity index (χ1n) is 5.26. The zero-order valence-electron chi connectivity index (χ0n) is 9.20. The van der Waals surface area contributed by atoms with Crippen LogP contribution in [-0.2, 0) is 0 Å². The smallest absolute Gasteiger partial charge is 0.162 e. The van der Waals surface area contributed by atoms with Gasteiger partial charge in [-0.05, 0) is 30.3 Å². The average molecular weight is 259 g/mol. The maximum atomic E-state index is 9.46. The van der Waals surface area contributed by atoms with E-state index in [4.69, 9.17) is 4.42 Å². The topological polar surface area (TPSA) is 66.5 Å². The first-order valence-corrected chi connectivity index (χ1v) is 6.14. The number of phenols is 2. The van der Waals surface area contributed by atoms with Crippen LogP contribution in [0.25, 0.3) is 22.0 Å². The van der Waals surface area contributed by atoms with Crippen molar-refractivity contribution in [3.05, 3.63) is 42.0 Å². The van der Waals surface area contributed by atoms with Crippen LogP contribution in [0.15, 0.2) is 46.4 Å². The Morgan fingerprint density at radius 2 is 2.00 bits per heavy atom. The van der Waals surface area contributed by atoms with E-state index in [0.29, 0.717) is 5.76 Å². The van der Waals surface area contributed by atoms with Crippen molar-refractivity contribution in [1.29, 1.82) is 0 Å². The highest BCUT2D eigenvalue weighted by atomic mass is 32.1. The van der Waals surface area contributed by atoms with E-state index in [1.165, 1.54) is 23.5 Å². The van der Waals surface area contributed by atoms with Crippen LogP contribution in [0.2, 0.25) is 0 Å². The molecule has 0 spiro atoms. The van der Waals surface area contributed by atoms with Gasteiger partial charge in [-0.1, -0.05) is 0 Å². The molecule has 0 saturated heterocycles. The number of thiazole rings is 1. The molecule has 1 aromatic carbocycles. The van der Waals surface area contributed by atoms with E-state index in [9.17, 15) is 10.2 Å². The molecular weight excluding hydrogens is 250 g/mol. The van der Waals surface area contributed by atoms with Gasteiger partial charge in [0.1, 0.15) is 0 Å². The lowest BCUT2D eigenvalue weighted by Crippen LogP contribution is -1.78. The maximum absolute atomic E-state index is 9.46. The second-order valence-corrected chi connectivity index (χ2v) is 4.58. The molecule has 0 aliphatic rings. The third-order valence-electron chi connectivity index (χ3n) is 2.51. The van der Waals surface area contributed by atoms with Crippen LogP contribution in [0.4, 0.5) is 0 Å². The molecule has 2 aromatic heterocycles. The SMILES string of the molecule is Oc1ccc(-c2csc(-c3ccco3)n2)cc1O. The third-order valence-corrected chi connectivity index (χ3v) is 3.36. The van der Waals surface area contributed by atoms with Crippen molar-refractivity contribution in [2.75, 3.05) is 0 Å². The molecule has 0 saturated carbocycles. The molecule has 0 unspecified atom stereocenters. The van der Waals surface area contributed by atoms with Crippen molar-refractivity contribution in [2.45, 2.75) is 0 Å². The Hall–Kier alpha value is -2.27. The van der Waals surface area contributed by atoms with Gasteiger partial charge in [-0.2, -0.15) is 0 Å². The third kappa shape index (κ3) is 1.84. The molecule has 2 heterocycles. The lowest BCUT2D eigenvalue weighted by atomic mass is 10.1. The van der Waals surface area contributed by atoms with Crippen molar-refractivity contribution in [1.82, 2.24) is 4.98 Å². The number of aromatic nitrogens is 1. The van der Waals surface area contributed by atoms with E-state index < -0.39 is 0 Å². The molecule has 0 bridgehead atoms. The summed E-state index contributed by atoms with van der Waals surface area (Å²) >= 11 is 1.46. The zero-order valence-corrected chi connectivity index (χ0v) is 10.0. The van der Waals surface area contributed by atoms with Gasteiger partial charge in [0.05, 0.1) is 12.0 Å². The summed E-state index contributed by atoms with van der Waals surface area (Å²) in [5, 5.41) is 21.4. The first-order chi connectivity index (χ1) is 8.74. The van der Waals surface area contributed by atoms with Gasteiger partial charge in [-0.15, -0.1) is 11.3 Å². The highest BCUT2D eigenvalue weighted by molar-refractivity contribution is 7.13. The van der Waals surface area contributed by atoms with E-state index in [1.54, 1.807) is 12.3 Å². The zero-order chi connectivity index (χ0) is 12.5. The van der Waals surface area contributed by atoms with Gasteiger partial charge >= 0.3 is 0 Å². The van der Waals surface area contributed by atoms with Crippen LogP contribution in [0.3, 0.4) is 0 Å². The summed E-state index contributed by atoms with van der Waals surface area (Å²) in [5.41, 5.74) is 1.49. The Morgan fingerprint density at radius 1 is 1.11 bits per heavy atom. The molecule has 0 amide bonds. The Morgan fingerprint density at radius 3 is 2.72 bits per heavy atom. The summed E-state index contributed by atoms with van der Waals surface area (Å²) in [6.07, 6.45) is 1.60. The summed E-state index contributed by atoms with van der Waals surface area (Å²) < 4.78 is 5.27. The number of rotatable bonds is 2. The van der Waals surface area contributed by atoms with Crippen molar-refractivity contribution >= 4 is 11.3 Å². The normalized spacial score (nSPS) is 10.7. The van der Waals surface area contributed by atoms with Crippen LogP contribution < -0.4 is 0 Å². The van der Waals surface area contributed by atoms with Crippen LogP contribution >= 0.6 is 11.3 Å². The van der Waals surface area contributed by atoms with Crippen molar-refractivity contribution in [3.8, 4) is 33.5 Å². The predicted octanol–water partition coefficient (Wildman–Crippen LogP) is 3.48. The Balaban J connectivity index is 2.00. The molecule has 3 rings (SSSR count). The summed E-state index contributed by atoms with van der Waals surface area (Å²) in [4.78, 5) is 4.43. The van der Waals surface area contributed by atoms with E-state index in [0.717, 1.165) is 16.3 Å². The molecule has 18 heavy (non-hydrogen) atoms. The molecule has 0 aliphatic carbocycles. The fourth-order valence-electron chi connectivity index (χ4n) is 1.60. The van der Waals surface area contributed by atoms with Crippen LogP contribution in [0.5, 0.6) is 11.5 Å². The number of furan rings is 1. The molecule has 2 N–H and O–H groups in total. The summed E-state index contributed by atoms with van der Waals surface area (Å²) in [7, 11) is 0. The Bertz CT molecular complexity index is 673. The molecule has 4 nitrogen and oxygen atoms in total. The monoisotopic (exact) mass is 259 g/mol. The van der Waals surface area contributed by atoms with Crippen molar-refractivity contribution in [3.63, 3.8) is 0 Å². The standard InChI is InChI=1S/C13H9NO3S/c15-10-4-3-8(6-11(10)16)9-7-18-13(14-9)12-2-1-5-17-12/h1-7,15-16H. The van der Waals surface area contributed by atoms with Gasteiger partial charge < -0.3 is 14.6 Å². The molecule has 3 aromatic rings. The summed E-state index contributed by atoms with van der Waals surface area (Å²) in [6.45, 7) is 0. The van der Waals surface area contributed by atoms with Crippen LogP contribution in [-0.4, -0.2) is 15.2 Å². The van der Waals surface area contributed by atoms with Crippen molar-refractivity contribution < 1.29 is 14.6 Å². The second kappa shape index (κ2) is 4.19. The molecular formula is C13H9NO3S. The number of hydrogen-bond donors (Lipinski definition) is 2. The molecule has 90 valence electrons. The molecule has 5 heteroatoms. The minimum atomic E-state index is -0.153. The molecule has 0 aliphatic heterocycles. The van der Waals surface area contributed by atoms with Gasteiger partial charge in [0.25, 0.3) is 0 Å². The highest BCUT2D eigenvalue weighted by Gasteiger charge is 2.10.